The number of ether oxygens (including phenoxy) is 1. The second-order valence-electron chi connectivity index (χ2n) is 8.39. The van der Waals surface area contributed by atoms with E-state index in [2.05, 4.69) is 9.38 Å². The Balaban J connectivity index is 1.22. The molecule has 2 aromatic carbocycles. The molecule has 1 fully saturated rings. The number of esters is 1. The van der Waals surface area contributed by atoms with Crippen LogP contribution in [0.3, 0.4) is 0 Å². The van der Waals surface area contributed by atoms with Gasteiger partial charge in [0.1, 0.15) is 16.7 Å². The van der Waals surface area contributed by atoms with Gasteiger partial charge in [-0.2, -0.15) is 8.42 Å². The van der Waals surface area contributed by atoms with E-state index >= 15 is 0 Å². The van der Waals surface area contributed by atoms with E-state index in [1.165, 1.54) is 0 Å². The summed E-state index contributed by atoms with van der Waals surface area (Å²) in [5.41, 5.74) is 3.19. The van der Waals surface area contributed by atoms with Crippen LogP contribution in [0.1, 0.15) is 29.5 Å². The Hall–Kier alpha value is -2.97. The highest BCUT2D eigenvalue weighted by molar-refractivity contribution is 7.90. The number of hydrogen-bond donors (Lipinski definition) is 0. The number of benzene rings is 2. The minimum Gasteiger partial charge on any atom is -0.460 e. The van der Waals surface area contributed by atoms with Gasteiger partial charge in [0.05, 0.1) is 11.4 Å². The van der Waals surface area contributed by atoms with Crippen LogP contribution in [-0.4, -0.2) is 43.2 Å². The first-order valence-electron chi connectivity index (χ1n) is 10.7. The summed E-state index contributed by atoms with van der Waals surface area (Å²) in [6.45, 7) is 3.11. The number of carbonyl (C=O) groups excluding carboxylic acids is 1. The first kappa shape index (κ1) is 21.9. The molecule has 9 heteroatoms. The van der Waals surface area contributed by atoms with Crippen molar-refractivity contribution in [2.45, 2.75) is 31.3 Å². The summed E-state index contributed by atoms with van der Waals surface area (Å²) in [4.78, 5) is 19.3. The van der Waals surface area contributed by atoms with Crippen molar-refractivity contribution in [3.63, 3.8) is 0 Å². The van der Waals surface area contributed by atoms with Gasteiger partial charge in [0.15, 0.2) is 5.84 Å². The third-order valence-electron chi connectivity index (χ3n) is 6.11. The summed E-state index contributed by atoms with van der Waals surface area (Å²) in [6.07, 6.45) is 1.12. The highest BCUT2D eigenvalue weighted by atomic mass is 35.5. The molecule has 33 heavy (non-hydrogen) atoms. The Morgan fingerprint density at radius 1 is 1.15 bits per heavy atom. The van der Waals surface area contributed by atoms with Gasteiger partial charge in [0, 0.05) is 29.6 Å². The van der Waals surface area contributed by atoms with E-state index in [0.29, 0.717) is 48.0 Å². The topological polar surface area (TPSA) is 88.9 Å². The fourth-order valence-corrected chi connectivity index (χ4v) is 5.74. The predicted molar refractivity (Wildman–Crippen MR) is 126 cm³/mol. The fourth-order valence-electron chi connectivity index (χ4n) is 4.31. The van der Waals surface area contributed by atoms with Gasteiger partial charge in [-0.25, -0.2) is 4.98 Å². The minimum absolute atomic E-state index is 0.0625. The molecule has 3 aromatic rings. The van der Waals surface area contributed by atoms with Crippen LogP contribution in [0, 0.1) is 12.8 Å². The number of piperidine rings is 1. The summed E-state index contributed by atoms with van der Waals surface area (Å²) in [5.74, 6) is -0.0808. The Bertz CT molecular complexity index is 1400. The molecule has 5 rings (SSSR count). The molecular weight excluding hydrogens is 462 g/mol. The molecule has 1 saturated heterocycles. The van der Waals surface area contributed by atoms with Crippen LogP contribution < -0.4 is 0 Å². The predicted octanol–water partition coefficient (Wildman–Crippen LogP) is 4.10. The molecule has 0 aliphatic carbocycles. The van der Waals surface area contributed by atoms with E-state index in [9.17, 15) is 13.2 Å². The van der Waals surface area contributed by atoms with E-state index in [0.717, 1.165) is 16.5 Å². The summed E-state index contributed by atoms with van der Waals surface area (Å²) in [7, 11) is -3.66. The van der Waals surface area contributed by atoms with Crippen LogP contribution in [0.4, 0.5) is 0 Å². The van der Waals surface area contributed by atoms with Gasteiger partial charge in [0.2, 0.25) is 0 Å². The van der Waals surface area contributed by atoms with Crippen molar-refractivity contribution < 1.29 is 17.9 Å². The number of amidine groups is 1. The van der Waals surface area contributed by atoms with Gasteiger partial charge < -0.3 is 9.64 Å². The Morgan fingerprint density at radius 2 is 1.91 bits per heavy atom. The summed E-state index contributed by atoms with van der Waals surface area (Å²) in [5, 5.41) is 1.27. The molecule has 0 amide bonds. The number of carbonyl (C=O) groups is 1. The SMILES string of the molecule is Cc1ccc2cc(COC(=O)C3CCN(C4=NS(=O)(=O)c5ccccc54)CC3)c(Cl)nc2c1. The molecule has 0 atom stereocenters. The van der Waals surface area contributed by atoms with E-state index in [1.807, 2.05) is 36.1 Å². The summed E-state index contributed by atoms with van der Waals surface area (Å²) >= 11 is 6.31. The molecule has 2 aliphatic rings. The third kappa shape index (κ3) is 4.20. The Labute approximate surface area is 197 Å². The fraction of sp³-hybridized carbons (Fsp3) is 0.292. The van der Waals surface area contributed by atoms with Crippen LogP contribution >= 0.6 is 11.6 Å². The third-order valence-corrected chi connectivity index (χ3v) is 7.76. The second kappa shape index (κ2) is 8.43. The number of aromatic nitrogens is 1. The first-order chi connectivity index (χ1) is 15.8. The molecule has 0 bridgehead atoms. The quantitative estimate of drug-likeness (QED) is 0.411. The van der Waals surface area contributed by atoms with E-state index < -0.39 is 10.0 Å². The monoisotopic (exact) mass is 483 g/mol. The normalized spacial score (nSPS) is 17.6. The highest BCUT2D eigenvalue weighted by Crippen LogP contribution is 2.30. The van der Waals surface area contributed by atoms with Crippen molar-refractivity contribution in [1.29, 1.82) is 0 Å². The zero-order chi connectivity index (χ0) is 23.2. The number of fused-ring (bicyclic) bond motifs is 2. The number of aryl methyl sites for hydroxylation is 1. The smallest absolute Gasteiger partial charge is 0.309 e. The van der Waals surface area contributed by atoms with Crippen LogP contribution in [0.15, 0.2) is 57.8 Å². The maximum atomic E-state index is 12.7. The highest BCUT2D eigenvalue weighted by Gasteiger charge is 2.34. The van der Waals surface area contributed by atoms with Crippen LogP contribution in [0.25, 0.3) is 10.9 Å². The van der Waals surface area contributed by atoms with Crippen molar-refractivity contribution in [3.05, 3.63) is 70.4 Å². The van der Waals surface area contributed by atoms with Gasteiger partial charge in [0.25, 0.3) is 10.0 Å². The molecule has 170 valence electrons. The lowest BCUT2D eigenvalue weighted by Gasteiger charge is -2.32. The number of sulfonamides is 1. The lowest BCUT2D eigenvalue weighted by atomic mass is 9.96. The van der Waals surface area contributed by atoms with Crippen molar-refractivity contribution in [2.75, 3.05) is 13.1 Å². The lowest BCUT2D eigenvalue weighted by Crippen LogP contribution is -2.40. The van der Waals surface area contributed by atoms with Crippen molar-refractivity contribution >= 4 is 44.3 Å². The Morgan fingerprint density at radius 3 is 2.70 bits per heavy atom. The van der Waals surface area contributed by atoms with Gasteiger partial charge in [-0.3, -0.25) is 4.79 Å². The van der Waals surface area contributed by atoms with Gasteiger partial charge in [-0.1, -0.05) is 35.9 Å². The number of hydrogen-bond acceptors (Lipinski definition) is 6. The van der Waals surface area contributed by atoms with E-state index in [4.69, 9.17) is 16.3 Å². The van der Waals surface area contributed by atoms with Crippen LogP contribution in [0.2, 0.25) is 5.15 Å². The zero-order valence-electron chi connectivity index (χ0n) is 18.0. The van der Waals surface area contributed by atoms with Crippen LogP contribution in [-0.2, 0) is 26.2 Å². The van der Waals surface area contributed by atoms with Crippen molar-refractivity contribution in [2.24, 2.45) is 10.3 Å². The van der Waals surface area contributed by atoms with E-state index in [1.54, 1.807) is 24.3 Å². The number of rotatable bonds is 3. The second-order valence-corrected chi connectivity index (χ2v) is 10.3. The van der Waals surface area contributed by atoms with Crippen molar-refractivity contribution in [1.82, 2.24) is 9.88 Å². The zero-order valence-corrected chi connectivity index (χ0v) is 19.6. The number of halogens is 1. The molecule has 0 radical (unpaired) electrons. The average Bonchev–Trinajstić information content (AvgIpc) is 3.08. The standard InChI is InChI=1S/C24H22ClN3O4S/c1-15-6-7-17-13-18(22(25)26-20(17)12-15)14-32-24(29)16-8-10-28(11-9-16)23-19-4-2-3-5-21(19)33(30,31)27-23/h2-7,12-13,16H,8-11,14H2,1H3. The molecule has 0 spiro atoms. The van der Waals surface area contributed by atoms with Gasteiger partial charge in [-0.15, -0.1) is 4.40 Å². The molecule has 0 N–H and O–H groups in total. The number of nitrogens with zero attached hydrogens (tertiary/aromatic N) is 3. The maximum Gasteiger partial charge on any atom is 0.309 e. The lowest BCUT2D eigenvalue weighted by molar-refractivity contribution is -0.151. The molecule has 2 aliphatic heterocycles. The molecule has 7 nitrogen and oxygen atoms in total. The average molecular weight is 484 g/mol. The molecular formula is C24H22ClN3O4S. The molecule has 0 unspecified atom stereocenters. The van der Waals surface area contributed by atoms with Crippen LogP contribution in [0.5, 0.6) is 0 Å². The number of pyridine rings is 1. The van der Waals surface area contributed by atoms with Crippen molar-refractivity contribution in [3.8, 4) is 0 Å². The Kier molecular flexibility index (Phi) is 5.58. The molecule has 1 aromatic heterocycles. The maximum absolute atomic E-state index is 12.7. The summed E-state index contributed by atoms with van der Waals surface area (Å²) < 4.78 is 34.2. The first-order valence-corrected chi connectivity index (χ1v) is 12.6. The number of likely N-dealkylation sites (tertiary alicyclic amines) is 1. The van der Waals surface area contributed by atoms with Gasteiger partial charge >= 0.3 is 5.97 Å². The molecule has 3 heterocycles. The molecule has 0 saturated carbocycles. The largest absolute Gasteiger partial charge is 0.460 e. The van der Waals surface area contributed by atoms with E-state index in [-0.39, 0.29) is 23.4 Å². The minimum atomic E-state index is -3.66. The summed E-state index contributed by atoms with van der Waals surface area (Å²) in [6, 6.07) is 14.7. The van der Waals surface area contributed by atoms with Gasteiger partial charge in [-0.05, 0) is 49.6 Å².